The smallest absolute Gasteiger partial charge is 0.462 e. The predicted octanol–water partition coefficient (Wildman–Crippen LogP) is 22.5. The summed E-state index contributed by atoms with van der Waals surface area (Å²) in [5.41, 5.74) is 0. The average Bonchev–Trinajstić information content (AvgIpc) is 1.64. The van der Waals surface area contributed by atoms with Gasteiger partial charge in [0.15, 0.2) is 12.2 Å². The van der Waals surface area contributed by atoms with E-state index in [1.807, 2.05) is 0 Å². The second-order valence-electron chi connectivity index (χ2n) is 27.9. The maximum Gasteiger partial charge on any atom is 0.472 e. The first-order valence-corrected chi connectivity index (χ1v) is 42.6. The summed E-state index contributed by atoms with van der Waals surface area (Å²) in [7, 11) is -9.91. The van der Waals surface area contributed by atoms with Gasteiger partial charge in [-0.15, -0.1) is 0 Å². The van der Waals surface area contributed by atoms with Crippen molar-refractivity contribution in [2.24, 2.45) is 5.92 Å². The lowest BCUT2D eigenvalue weighted by molar-refractivity contribution is -0.161. The van der Waals surface area contributed by atoms with Gasteiger partial charge < -0.3 is 33.8 Å². The van der Waals surface area contributed by atoms with Crippen LogP contribution in [0.2, 0.25) is 0 Å². The third-order valence-electron chi connectivity index (χ3n) is 17.8. The Morgan fingerprint density at radius 2 is 0.484 bits per heavy atom. The normalized spacial score (nSPS) is 13.9. The molecule has 0 spiro atoms. The second-order valence-corrected chi connectivity index (χ2v) is 30.8. The van der Waals surface area contributed by atoms with Gasteiger partial charge in [0, 0.05) is 25.7 Å². The molecule has 564 valence electrons. The predicted molar refractivity (Wildman–Crippen MR) is 386 cm³/mol. The number of esters is 4. The Bertz CT molecular complexity index is 1820. The molecule has 0 rings (SSSR count). The van der Waals surface area contributed by atoms with Crippen LogP contribution in [0, 0.1) is 5.92 Å². The summed E-state index contributed by atoms with van der Waals surface area (Å²) in [5.74, 6) is -1.32. The number of unbranched alkanes of at least 4 members (excludes halogenated alkanes) is 48. The van der Waals surface area contributed by atoms with E-state index in [9.17, 15) is 43.2 Å². The van der Waals surface area contributed by atoms with Crippen molar-refractivity contribution in [3.05, 3.63) is 0 Å². The molecule has 0 fully saturated rings. The molecule has 0 saturated heterocycles. The standard InChI is InChI=1S/C76H148O17P2/c1-6-9-12-15-18-21-23-25-27-28-29-33-38-42-47-52-57-62-76(81)93-72(66-87-74(79)60-55-50-45-40-36-34-30-31-35-39-43-48-53-58-69(4)5)68-91-95(84,85)89-64-70(77)63-88-94(82,83)90-67-71(65-86-73(78)59-54-49-44-20-17-14-11-8-3)92-75(80)61-56-51-46-41-37-32-26-24-22-19-16-13-10-7-2/h69-72,77H,6-68H2,1-5H3,(H,82,83)(H,84,85)/t70-,71+,72+/m0/s1. The number of carbonyl (C=O) groups excluding carboxylic acids is 4. The third-order valence-corrected chi connectivity index (χ3v) is 19.7. The Labute approximate surface area is 581 Å². The van der Waals surface area contributed by atoms with E-state index in [1.165, 1.54) is 218 Å². The van der Waals surface area contributed by atoms with E-state index in [4.69, 9.17) is 37.0 Å². The average molecular weight is 1400 g/mol. The van der Waals surface area contributed by atoms with Crippen LogP contribution in [0.1, 0.15) is 401 Å². The van der Waals surface area contributed by atoms with Crippen molar-refractivity contribution in [1.82, 2.24) is 0 Å². The van der Waals surface area contributed by atoms with Gasteiger partial charge in [-0.25, -0.2) is 9.13 Å². The minimum absolute atomic E-state index is 0.108. The van der Waals surface area contributed by atoms with Gasteiger partial charge in [-0.2, -0.15) is 0 Å². The molecule has 5 atom stereocenters. The summed E-state index contributed by atoms with van der Waals surface area (Å²) < 4.78 is 68.5. The summed E-state index contributed by atoms with van der Waals surface area (Å²) in [6.07, 6.45) is 58.2. The molecule has 0 radical (unpaired) electrons. The van der Waals surface area contributed by atoms with Crippen molar-refractivity contribution >= 4 is 39.5 Å². The molecule has 0 aromatic carbocycles. The zero-order chi connectivity index (χ0) is 69.8. The first-order valence-electron chi connectivity index (χ1n) is 39.6. The quantitative estimate of drug-likeness (QED) is 0.0222. The van der Waals surface area contributed by atoms with Crippen molar-refractivity contribution in [1.29, 1.82) is 0 Å². The van der Waals surface area contributed by atoms with Crippen LogP contribution in [0.4, 0.5) is 0 Å². The molecular weight excluding hydrogens is 1250 g/mol. The molecular formula is C76H148O17P2. The Hall–Kier alpha value is -1.94. The maximum atomic E-state index is 13.1. The summed E-state index contributed by atoms with van der Waals surface area (Å²) >= 11 is 0. The molecule has 0 aromatic rings. The number of phosphoric ester groups is 2. The third kappa shape index (κ3) is 70.3. The molecule has 0 aliphatic heterocycles. The Balaban J connectivity index is 5.21. The highest BCUT2D eigenvalue weighted by Gasteiger charge is 2.30. The van der Waals surface area contributed by atoms with Crippen LogP contribution in [0.5, 0.6) is 0 Å². The van der Waals surface area contributed by atoms with E-state index in [-0.39, 0.29) is 25.7 Å². The van der Waals surface area contributed by atoms with Crippen LogP contribution in [0.25, 0.3) is 0 Å². The summed E-state index contributed by atoms with van der Waals surface area (Å²) in [4.78, 5) is 72.7. The van der Waals surface area contributed by atoms with Gasteiger partial charge >= 0.3 is 39.5 Å². The van der Waals surface area contributed by atoms with E-state index < -0.39 is 97.5 Å². The summed E-state index contributed by atoms with van der Waals surface area (Å²) in [6, 6.07) is 0. The molecule has 19 heteroatoms. The van der Waals surface area contributed by atoms with E-state index in [2.05, 4.69) is 34.6 Å². The second kappa shape index (κ2) is 69.2. The van der Waals surface area contributed by atoms with E-state index in [0.717, 1.165) is 102 Å². The van der Waals surface area contributed by atoms with Crippen LogP contribution in [-0.2, 0) is 65.4 Å². The van der Waals surface area contributed by atoms with Crippen molar-refractivity contribution in [2.45, 2.75) is 419 Å². The monoisotopic (exact) mass is 1400 g/mol. The first-order chi connectivity index (χ1) is 46.0. The lowest BCUT2D eigenvalue weighted by Gasteiger charge is -2.21. The fraction of sp³-hybridized carbons (Fsp3) is 0.947. The van der Waals surface area contributed by atoms with Crippen molar-refractivity contribution < 1.29 is 80.2 Å². The number of hydrogen-bond acceptors (Lipinski definition) is 15. The largest absolute Gasteiger partial charge is 0.472 e. The van der Waals surface area contributed by atoms with Crippen LogP contribution >= 0.6 is 15.6 Å². The highest BCUT2D eigenvalue weighted by Crippen LogP contribution is 2.45. The molecule has 0 aliphatic carbocycles. The molecule has 0 aliphatic rings. The van der Waals surface area contributed by atoms with Crippen LogP contribution in [0.15, 0.2) is 0 Å². The first kappa shape index (κ1) is 93.1. The molecule has 17 nitrogen and oxygen atoms in total. The molecule has 0 heterocycles. The van der Waals surface area contributed by atoms with Gasteiger partial charge in [0.2, 0.25) is 0 Å². The number of carbonyl (C=O) groups is 4. The number of rotatable bonds is 76. The van der Waals surface area contributed by atoms with Crippen LogP contribution in [0.3, 0.4) is 0 Å². The SMILES string of the molecule is CCCCCCCCCCCCCCCCCCCC(=O)O[C@H](COC(=O)CCCCCCCCCCCCCCCC(C)C)COP(=O)(O)OC[C@@H](O)COP(=O)(O)OC[C@@H](COC(=O)CCCCCCCCCC)OC(=O)CCCCCCCCCCCCCCCC. The lowest BCUT2D eigenvalue weighted by atomic mass is 10.0. The zero-order valence-corrected chi connectivity index (χ0v) is 63.6. The van der Waals surface area contributed by atoms with Gasteiger partial charge in [-0.3, -0.25) is 37.3 Å². The lowest BCUT2D eigenvalue weighted by Crippen LogP contribution is -2.30. The minimum atomic E-state index is -4.96. The summed E-state index contributed by atoms with van der Waals surface area (Å²) in [6.45, 7) is 7.30. The van der Waals surface area contributed by atoms with E-state index in [0.29, 0.717) is 25.7 Å². The van der Waals surface area contributed by atoms with Crippen molar-refractivity contribution in [3.63, 3.8) is 0 Å². The van der Waals surface area contributed by atoms with Gasteiger partial charge in [0.05, 0.1) is 26.4 Å². The fourth-order valence-electron chi connectivity index (χ4n) is 11.7. The van der Waals surface area contributed by atoms with Crippen molar-refractivity contribution in [2.75, 3.05) is 39.6 Å². The van der Waals surface area contributed by atoms with Gasteiger partial charge in [-0.05, 0) is 31.6 Å². The minimum Gasteiger partial charge on any atom is -0.462 e. The number of aliphatic hydroxyl groups is 1. The van der Waals surface area contributed by atoms with Crippen LogP contribution in [-0.4, -0.2) is 96.7 Å². The molecule has 0 aromatic heterocycles. The van der Waals surface area contributed by atoms with Gasteiger partial charge in [0.25, 0.3) is 0 Å². The topological polar surface area (TPSA) is 237 Å². The zero-order valence-electron chi connectivity index (χ0n) is 61.8. The molecule has 3 N–H and O–H groups in total. The van der Waals surface area contributed by atoms with Gasteiger partial charge in [-0.1, -0.05) is 349 Å². The highest BCUT2D eigenvalue weighted by molar-refractivity contribution is 7.47. The maximum absolute atomic E-state index is 13.1. The molecule has 0 bridgehead atoms. The molecule has 0 amide bonds. The van der Waals surface area contributed by atoms with Crippen LogP contribution < -0.4 is 0 Å². The molecule has 95 heavy (non-hydrogen) atoms. The molecule has 0 saturated carbocycles. The van der Waals surface area contributed by atoms with E-state index in [1.54, 1.807) is 0 Å². The summed E-state index contributed by atoms with van der Waals surface area (Å²) in [5, 5.41) is 10.6. The fourth-order valence-corrected chi connectivity index (χ4v) is 13.3. The molecule has 2 unspecified atom stereocenters. The number of hydrogen-bond donors (Lipinski definition) is 3. The number of phosphoric acid groups is 2. The Morgan fingerprint density at radius 1 is 0.284 bits per heavy atom. The number of aliphatic hydroxyl groups excluding tert-OH is 1. The highest BCUT2D eigenvalue weighted by atomic mass is 31.2. The van der Waals surface area contributed by atoms with Gasteiger partial charge in [0.1, 0.15) is 19.3 Å². The Kier molecular flexibility index (Phi) is 67.7. The van der Waals surface area contributed by atoms with Crippen molar-refractivity contribution in [3.8, 4) is 0 Å². The number of ether oxygens (including phenoxy) is 4. The van der Waals surface area contributed by atoms with E-state index >= 15 is 0 Å². The Morgan fingerprint density at radius 3 is 0.716 bits per heavy atom.